The van der Waals surface area contributed by atoms with Gasteiger partial charge < -0.3 is 4.74 Å². The summed E-state index contributed by atoms with van der Waals surface area (Å²) in [4.78, 5) is 10.9. The average Bonchev–Trinajstić information content (AvgIpc) is 2.36. The molecule has 0 aliphatic heterocycles. The Morgan fingerprint density at radius 3 is 2.48 bits per heavy atom. The summed E-state index contributed by atoms with van der Waals surface area (Å²) < 4.78 is 43.6. The maximum atomic E-state index is 12.7. The minimum Gasteiger partial charge on any atom is -0.489 e. The highest BCUT2D eigenvalue weighted by Crippen LogP contribution is 2.31. The number of hydrogen-bond acceptors (Lipinski definition) is 4. The zero-order chi connectivity index (χ0) is 15.6. The van der Waals surface area contributed by atoms with Crippen molar-refractivity contribution in [3.05, 3.63) is 35.5 Å². The van der Waals surface area contributed by atoms with Crippen molar-refractivity contribution < 1.29 is 17.9 Å². The van der Waals surface area contributed by atoms with Gasteiger partial charge in [-0.1, -0.05) is 0 Å². The van der Waals surface area contributed by atoms with E-state index in [1.807, 2.05) is 13.8 Å². The maximum absolute atomic E-state index is 12.7. The molecule has 0 bridgehead atoms. The van der Waals surface area contributed by atoms with Crippen molar-refractivity contribution in [2.75, 3.05) is 0 Å². The van der Waals surface area contributed by atoms with Crippen LogP contribution in [0, 0.1) is 0 Å². The van der Waals surface area contributed by atoms with Gasteiger partial charge in [0.2, 0.25) is 5.28 Å². The number of pyridine rings is 1. The molecule has 0 aliphatic rings. The van der Waals surface area contributed by atoms with Crippen LogP contribution in [0.2, 0.25) is 5.28 Å². The first kappa shape index (κ1) is 15.5. The van der Waals surface area contributed by atoms with Gasteiger partial charge >= 0.3 is 6.18 Å². The third-order valence-electron chi connectivity index (χ3n) is 2.37. The summed E-state index contributed by atoms with van der Waals surface area (Å²) in [5.74, 6) is 0.436. The third kappa shape index (κ3) is 4.04. The lowest BCUT2D eigenvalue weighted by Gasteiger charge is -2.11. The smallest absolute Gasteiger partial charge is 0.433 e. The number of nitrogens with zero attached hydrogens (tertiary/aromatic N) is 3. The van der Waals surface area contributed by atoms with E-state index in [0.29, 0.717) is 11.3 Å². The molecular formula is C13H11ClF3N3O. The van der Waals surface area contributed by atoms with Gasteiger partial charge in [-0.2, -0.15) is 13.2 Å². The summed E-state index contributed by atoms with van der Waals surface area (Å²) in [7, 11) is 0. The lowest BCUT2D eigenvalue weighted by Crippen LogP contribution is -2.09. The Morgan fingerprint density at radius 2 is 1.86 bits per heavy atom. The minimum atomic E-state index is -4.60. The van der Waals surface area contributed by atoms with Crippen LogP contribution in [0.25, 0.3) is 11.3 Å². The monoisotopic (exact) mass is 317 g/mol. The minimum absolute atomic E-state index is 0.0315. The van der Waals surface area contributed by atoms with E-state index in [4.69, 9.17) is 16.3 Å². The van der Waals surface area contributed by atoms with Gasteiger partial charge in [0.05, 0.1) is 18.0 Å². The van der Waals surface area contributed by atoms with Gasteiger partial charge in [0, 0.05) is 11.8 Å². The molecule has 0 saturated carbocycles. The number of ether oxygens (including phenoxy) is 1. The SMILES string of the molecule is CC(C)Oc1cncc(-c2cc(C(F)(F)F)nc(Cl)n2)c1. The molecule has 2 heterocycles. The molecule has 8 heteroatoms. The normalized spacial score (nSPS) is 11.8. The van der Waals surface area contributed by atoms with Gasteiger partial charge in [0.25, 0.3) is 0 Å². The number of aromatic nitrogens is 3. The second-order valence-electron chi connectivity index (χ2n) is 4.48. The Hall–Kier alpha value is -1.89. The topological polar surface area (TPSA) is 47.9 Å². The van der Waals surface area contributed by atoms with Crippen LogP contribution in [-0.2, 0) is 6.18 Å². The first-order valence-electron chi connectivity index (χ1n) is 5.99. The standard InChI is InChI=1S/C13H11ClF3N3O/c1-7(2)21-9-3-8(5-18-6-9)10-4-11(13(15,16)17)20-12(14)19-10/h3-7H,1-2H3. The lowest BCUT2D eigenvalue weighted by atomic mass is 10.2. The molecular weight excluding hydrogens is 307 g/mol. The summed E-state index contributed by atoms with van der Waals surface area (Å²) in [5, 5.41) is -0.477. The van der Waals surface area contributed by atoms with Crippen molar-refractivity contribution in [3.63, 3.8) is 0 Å². The second kappa shape index (κ2) is 5.85. The van der Waals surface area contributed by atoms with Crippen LogP contribution in [0.1, 0.15) is 19.5 Å². The number of halogens is 4. The fourth-order valence-electron chi connectivity index (χ4n) is 1.61. The molecule has 0 fully saturated rings. The highest BCUT2D eigenvalue weighted by atomic mass is 35.5. The van der Waals surface area contributed by atoms with E-state index < -0.39 is 17.2 Å². The van der Waals surface area contributed by atoms with E-state index in [-0.39, 0.29) is 11.8 Å². The molecule has 2 rings (SSSR count). The van der Waals surface area contributed by atoms with Crippen LogP contribution in [0.15, 0.2) is 24.5 Å². The molecule has 0 radical (unpaired) electrons. The van der Waals surface area contributed by atoms with Gasteiger partial charge in [0.1, 0.15) is 11.4 Å². The van der Waals surface area contributed by atoms with Gasteiger partial charge in [-0.05, 0) is 37.6 Å². The first-order valence-corrected chi connectivity index (χ1v) is 6.37. The van der Waals surface area contributed by atoms with Gasteiger partial charge in [0.15, 0.2) is 0 Å². The first-order chi connectivity index (χ1) is 9.75. The zero-order valence-corrected chi connectivity index (χ0v) is 11.9. The van der Waals surface area contributed by atoms with Crippen LogP contribution in [0.3, 0.4) is 0 Å². The summed E-state index contributed by atoms with van der Waals surface area (Å²) in [5.41, 5.74) is -0.709. The molecule has 0 N–H and O–H groups in total. The molecule has 4 nitrogen and oxygen atoms in total. The lowest BCUT2D eigenvalue weighted by molar-refractivity contribution is -0.141. The number of alkyl halides is 3. The fourth-order valence-corrected chi connectivity index (χ4v) is 1.79. The van der Waals surface area contributed by atoms with Gasteiger partial charge in [-0.15, -0.1) is 0 Å². The van der Waals surface area contributed by atoms with E-state index >= 15 is 0 Å². The van der Waals surface area contributed by atoms with Crippen LogP contribution < -0.4 is 4.74 Å². The average molecular weight is 318 g/mol. The van der Waals surface area contributed by atoms with Crippen LogP contribution in [0.4, 0.5) is 13.2 Å². The Labute approximate surface area is 124 Å². The second-order valence-corrected chi connectivity index (χ2v) is 4.82. The van der Waals surface area contributed by atoms with E-state index in [1.165, 1.54) is 12.4 Å². The molecule has 0 aromatic carbocycles. The number of hydrogen-bond donors (Lipinski definition) is 0. The Morgan fingerprint density at radius 1 is 1.14 bits per heavy atom. The van der Waals surface area contributed by atoms with Crippen LogP contribution in [-0.4, -0.2) is 21.1 Å². The summed E-state index contributed by atoms with van der Waals surface area (Å²) in [6.45, 7) is 3.66. The Bertz CT molecular complexity index is 647. The molecule has 112 valence electrons. The predicted octanol–water partition coefficient (Wildman–Crippen LogP) is 4.00. The van der Waals surface area contributed by atoms with Crippen molar-refractivity contribution in [2.24, 2.45) is 0 Å². The molecule has 2 aromatic heterocycles. The molecule has 0 unspecified atom stereocenters. The van der Waals surface area contributed by atoms with Crippen molar-refractivity contribution in [1.29, 1.82) is 0 Å². The number of rotatable bonds is 3. The highest BCUT2D eigenvalue weighted by molar-refractivity contribution is 6.28. The summed E-state index contributed by atoms with van der Waals surface area (Å²) >= 11 is 5.56. The molecule has 0 spiro atoms. The van der Waals surface area contributed by atoms with E-state index in [9.17, 15) is 13.2 Å². The molecule has 21 heavy (non-hydrogen) atoms. The van der Waals surface area contributed by atoms with Crippen LogP contribution in [0.5, 0.6) is 5.75 Å². The molecule has 0 amide bonds. The van der Waals surface area contributed by atoms with Crippen LogP contribution >= 0.6 is 11.6 Å². The van der Waals surface area contributed by atoms with E-state index in [2.05, 4.69) is 15.0 Å². The van der Waals surface area contributed by atoms with Gasteiger partial charge in [-0.25, -0.2) is 9.97 Å². The zero-order valence-electron chi connectivity index (χ0n) is 11.1. The molecule has 2 aromatic rings. The van der Waals surface area contributed by atoms with Crippen molar-refractivity contribution >= 4 is 11.6 Å². The third-order valence-corrected chi connectivity index (χ3v) is 2.54. The Kier molecular flexibility index (Phi) is 4.32. The van der Waals surface area contributed by atoms with Crippen molar-refractivity contribution in [1.82, 2.24) is 15.0 Å². The molecule has 0 saturated heterocycles. The summed E-state index contributed by atoms with van der Waals surface area (Å²) in [6.07, 6.45) is -1.83. The largest absolute Gasteiger partial charge is 0.489 e. The van der Waals surface area contributed by atoms with Gasteiger partial charge in [-0.3, -0.25) is 4.98 Å². The predicted molar refractivity (Wildman–Crippen MR) is 71.0 cm³/mol. The van der Waals surface area contributed by atoms with Crippen molar-refractivity contribution in [3.8, 4) is 17.0 Å². The highest BCUT2D eigenvalue weighted by Gasteiger charge is 2.33. The molecule has 0 aliphatic carbocycles. The maximum Gasteiger partial charge on any atom is 0.433 e. The quantitative estimate of drug-likeness (QED) is 0.803. The molecule has 0 atom stereocenters. The van der Waals surface area contributed by atoms with E-state index in [1.54, 1.807) is 6.07 Å². The Balaban J connectivity index is 2.44. The fraction of sp³-hybridized carbons (Fsp3) is 0.308. The van der Waals surface area contributed by atoms with E-state index in [0.717, 1.165) is 6.07 Å². The summed E-state index contributed by atoms with van der Waals surface area (Å²) in [6, 6.07) is 2.37. The van der Waals surface area contributed by atoms with Crippen molar-refractivity contribution in [2.45, 2.75) is 26.1 Å².